The van der Waals surface area contributed by atoms with Gasteiger partial charge in [-0.1, -0.05) is 40.7 Å². The minimum Gasteiger partial charge on any atom is -0.377 e. The summed E-state index contributed by atoms with van der Waals surface area (Å²) in [7, 11) is 0. The number of aromatic nitrogens is 1. The lowest BCUT2D eigenvalue weighted by atomic mass is 10.1. The van der Waals surface area contributed by atoms with E-state index in [2.05, 4.69) is 46.7 Å². The molecule has 1 heterocycles. The van der Waals surface area contributed by atoms with Crippen LogP contribution in [0.2, 0.25) is 0 Å². The molecule has 5 nitrogen and oxygen atoms in total. The van der Waals surface area contributed by atoms with Gasteiger partial charge in [0.15, 0.2) is 0 Å². The molecule has 0 unspecified atom stereocenters. The summed E-state index contributed by atoms with van der Waals surface area (Å²) in [6, 6.07) is 1.95. The van der Waals surface area contributed by atoms with Crippen LogP contribution in [0.4, 0.5) is 5.69 Å². The molecular weight excluding hydrogens is 360 g/mol. The number of nitrogens with one attached hydrogen (secondary N) is 2. The van der Waals surface area contributed by atoms with Crippen LogP contribution in [-0.2, 0) is 4.79 Å². The molecule has 0 radical (unpaired) electrons. The summed E-state index contributed by atoms with van der Waals surface area (Å²) in [5, 5.41) is 6.43. The van der Waals surface area contributed by atoms with E-state index >= 15 is 0 Å². The molecule has 0 spiro atoms. The number of anilines is 1. The fourth-order valence-corrected chi connectivity index (χ4v) is 3.24. The molecular formula is C24H38N4O. The van der Waals surface area contributed by atoms with Gasteiger partial charge in [-0.2, -0.15) is 0 Å². The molecule has 1 amide bonds. The highest BCUT2D eigenvalue weighted by Gasteiger charge is 2.38. The average Bonchev–Trinajstić information content (AvgIpc) is 3.41. The van der Waals surface area contributed by atoms with Crippen LogP contribution in [-0.4, -0.2) is 42.0 Å². The van der Waals surface area contributed by atoms with E-state index in [-0.39, 0.29) is 11.8 Å². The van der Waals surface area contributed by atoms with Gasteiger partial charge in [0.05, 0.1) is 17.1 Å². The second-order valence-electron chi connectivity index (χ2n) is 8.92. The van der Waals surface area contributed by atoms with Crippen LogP contribution in [0.3, 0.4) is 0 Å². The zero-order chi connectivity index (χ0) is 21.4. The number of hydrogen-bond donors (Lipinski definition) is 2. The predicted molar refractivity (Wildman–Crippen MR) is 122 cm³/mol. The normalized spacial score (nSPS) is 14.6. The molecule has 0 atom stereocenters. The van der Waals surface area contributed by atoms with Crippen molar-refractivity contribution in [1.82, 2.24) is 15.2 Å². The third kappa shape index (κ3) is 7.34. The van der Waals surface area contributed by atoms with E-state index in [9.17, 15) is 4.79 Å². The number of rotatable bonds is 12. The monoisotopic (exact) mass is 398 g/mol. The topological polar surface area (TPSA) is 57.3 Å². The highest BCUT2D eigenvalue weighted by molar-refractivity contribution is 5.93. The van der Waals surface area contributed by atoms with Crippen LogP contribution >= 0.6 is 0 Å². The first kappa shape index (κ1) is 23.2. The van der Waals surface area contributed by atoms with Crippen LogP contribution < -0.4 is 10.6 Å². The SMILES string of the molecule is C=C=C(NCCN(CCCC)CC1(C)CC1)c1cnc(C)c(NC(=O)C(C)C)c1. The first-order valence-corrected chi connectivity index (χ1v) is 10.9. The molecule has 1 aliphatic rings. The van der Waals surface area contributed by atoms with Crippen LogP contribution in [0.5, 0.6) is 0 Å². The molecule has 5 heteroatoms. The summed E-state index contributed by atoms with van der Waals surface area (Å²) in [4.78, 5) is 19.1. The van der Waals surface area contributed by atoms with Crippen molar-refractivity contribution in [2.45, 2.75) is 60.3 Å². The molecule has 1 aromatic rings. The molecule has 29 heavy (non-hydrogen) atoms. The zero-order valence-electron chi connectivity index (χ0n) is 18.9. The Morgan fingerprint density at radius 2 is 2.10 bits per heavy atom. The van der Waals surface area contributed by atoms with Crippen molar-refractivity contribution in [3.8, 4) is 0 Å². The zero-order valence-corrected chi connectivity index (χ0v) is 18.9. The maximum atomic E-state index is 12.1. The van der Waals surface area contributed by atoms with Gasteiger partial charge < -0.3 is 15.5 Å². The second-order valence-corrected chi connectivity index (χ2v) is 8.92. The summed E-state index contributed by atoms with van der Waals surface area (Å²) in [5.41, 5.74) is 6.78. The van der Waals surface area contributed by atoms with Gasteiger partial charge >= 0.3 is 0 Å². The molecule has 160 valence electrons. The van der Waals surface area contributed by atoms with E-state index in [0.717, 1.165) is 42.3 Å². The quantitative estimate of drug-likeness (QED) is 0.505. The molecule has 1 aromatic heterocycles. The molecule has 1 saturated carbocycles. The minimum atomic E-state index is -0.0759. The molecule has 1 fully saturated rings. The van der Waals surface area contributed by atoms with Gasteiger partial charge in [0.25, 0.3) is 0 Å². The van der Waals surface area contributed by atoms with Crippen molar-refractivity contribution < 1.29 is 4.79 Å². The highest BCUT2D eigenvalue weighted by atomic mass is 16.1. The van der Waals surface area contributed by atoms with Crippen molar-refractivity contribution in [3.05, 3.63) is 35.8 Å². The van der Waals surface area contributed by atoms with E-state index in [4.69, 9.17) is 0 Å². The number of nitrogens with zero attached hydrogens (tertiary/aromatic N) is 2. The van der Waals surface area contributed by atoms with E-state index in [1.807, 2.05) is 26.8 Å². The second kappa shape index (κ2) is 10.6. The van der Waals surface area contributed by atoms with Crippen LogP contribution in [0.1, 0.15) is 64.6 Å². The lowest BCUT2D eigenvalue weighted by molar-refractivity contribution is -0.118. The summed E-state index contributed by atoms with van der Waals surface area (Å²) in [6.07, 6.45) is 6.96. The lowest BCUT2D eigenvalue weighted by Crippen LogP contribution is -2.36. The summed E-state index contributed by atoms with van der Waals surface area (Å²) in [6.45, 7) is 18.3. The predicted octanol–water partition coefficient (Wildman–Crippen LogP) is 4.60. The first-order valence-electron chi connectivity index (χ1n) is 10.9. The Balaban J connectivity index is 1.98. The van der Waals surface area contributed by atoms with Gasteiger partial charge in [-0.05, 0) is 44.2 Å². The van der Waals surface area contributed by atoms with Gasteiger partial charge in [-0.3, -0.25) is 9.78 Å². The Morgan fingerprint density at radius 3 is 2.69 bits per heavy atom. The minimum absolute atomic E-state index is 0.00993. The number of aryl methyl sites for hydroxylation is 1. The van der Waals surface area contributed by atoms with E-state index in [0.29, 0.717) is 5.41 Å². The largest absolute Gasteiger partial charge is 0.377 e. The van der Waals surface area contributed by atoms with E-state index in [1.54, 1.807) is 6.20 Å². The molecule has 2 N–H and O–H groups in total. The molecule has 1 aliphatic carbocycles. The Hall–Kier alpha value is -2.10. The lowest BCUT2D eigenvalue weighted by Gasteiger charge is -2.26. The van der Waals surface area contributed by atoms with Gasteiger partial charge in [-0.15, -0.1) is 5.73 Å². The Bertz CT molecular complexity index is 745. The number of amides is 1. The van der Waals surface area contributed by atoms with Gasteiger partial charge in [0.2, 0.25) is 5.91 Å². The standard InChI is InChI=1S/C24H38N4O/c1-7-9-13-28(17-24(6)10-11-24)14-12-25-21(8-2)20-15-22(19(5)26-16-20)27-23(29)18(3)4/h15-16,18,25H,2,7,9-14,17H2,1,3-6H3,(H,27,29). The van der Waals surface area contributed by atoms with Crippen molar-refractivity contribution in [2.24, 2.45) is 11.3 Å². The Labute approximate surface area is 176 Å². The fraction of sp³-hybridized carbons (Fsp3) is 0.625. The van der Waals surface area contributed by atoms with Crippen LogP contribution in [0.25, 0.3) is 5.70 Å². The van der Waals surface area contributed by atoms with Crippen LogP contribution in [0, 0.1) is 18.3 Å². The number of pyridine rings is 1. The maximum Gasteiger partial charge on any atom is 0.226 e. The van der Waals surface area contributed by atoms with Crippen LogP contribution in [0.15, 0.2) is 24.6 Å². The van der Waals surface area contributed by atoms with Crippen molar-refractivity contribution in [3.63, 3.8) is 0 Å². The Kier molecular flexibility index (Phi) is 8.48. The van der Waals surface area contributed by atoms with Crippen molar-refractivity contribution in [2.75, 3.05) is 31.5 Å². The van der Waals surface area contributed by atoms with Crippen molar-refractivity contribution >= 4 is 17.3 Å². The third-order valence-corrected chi connectivity index (χ3v) is 5.60. The maximum absolute atomic E-state index is 12.1. The summed E-state index contributed by atoms with van der Waals surface area (Å²) in [5.74, 6) is -0.0858. The molecule has 0 saturated heterocycles. The van der Waals surface area contributed by atoms with Gasteiger partial charge in [0, 0.05) is 37.3 Å². The molecule has 0 aliphatic heterocycles. The van der Waals surface area contributed by atoms with Gasteiger partial charge in [0.1, 0.15) is 0 Å². The number of unbranched alkanes of at least 4 members (excludes halogenated alkanes) is 1. The number of carbonyl (C=O) groups excluding carboxylic acids is 1. The fourth-order valence-electron chi connectivity index (χ4n) is 3.24. The third-order valence-electron chi connectivity index (χ3n) is 5.60. The van der Waals surface area contributed by atoms with Crippen molar-refractivity contribution in [1.29, 1.82) is 0 Å². The average molecular weight is 399 g/mol. The smallest absolute Gasteiger partial charge is 0.226 e. The van der Waals surface area contributed by atoms with E-state index < -0.39 is 0 Å². The molecule has 0 aromatic carbocycles. The number of carbonyl (C=O) groups is 1. The summed E-state index contributed by atoms with van der Waals surface area (Å²) >= 11 is 0. The van der Waals surface area contributed by atoms with E-state index in [1.165, 1.54) is 32.2 Å². The molecule has 0 bridgehead atoms. The number of hydrogen-bond acceptors (Lipinski definition) is 4. The van der Waals surface area contributed by atoms with Gasteiger partial charge in [-0.25, -0.2) is 0 Å². The highest BCUT2D eigenvalue weighted by Crippen LogP contribution is 2.45. The Morgan fingerprint density at radius 1 is 1.38 bits per heavy atom. The molecule has 2 rings (SSSR count). The summed E-state index contributed by atoms with van der Waals surface area (Å²) < 4.78 is 0. The first-order chi connectivity index (χ1) is 13.8.